The van der Waals surface area contributed by atoms with Crippen LogP contribution in [0.5, 0.6) is 0 Å². The van der Waals surface area contributed by atoms with E-state index in [1.54, 1.807) is 6.33 Å². The molecule has 1 saturated heterocycles. The Morgan fingerprint density at radius 3 is 2.92 bits per heavy atom. The molecule has 1 aliphatic heterocycles. The lowest BCUT2D eigenvalue weighted by molar-refractivity contribution is -0.0809. The van der Waals surface area contributed by atoms with Gasteiger partial charge in [-0.15, -0.1) is 0 Å². The fourth-order valence-electron chi connectivity index (χ4n) is 3.91. The van der Waals surface area contributed by atoms with Gasteiger partial charge in [0.2, 0.25) is 0 Å². The predicted molar refractivity (Wildman–Crippen MR) is 104 cm³/mol. The molecule has 1 atom stereocenters. The average molecular weight is 347 g/mol. The Bertz CT molecular complexity index is 604. The highest BCUT2D eigenvalue weighted by atomic mass is 16.5. The number of nitrogens with one attached hydrogen (secondary N) is 2. The summed E-state index contributed by atoms with van der Waals surface area (Å²) >= 11 is 0. The Morgan fingerprint density at radius 1 is 1.36 bits per heavy atom. The van der Waals surface area contributed by atoms with E-state index in [2.05, 4.69) is 39.3 Å². The highest BCUT2D eigenvalue weighted by Gasteiger charge is 2.40. The van der Waals surface area contributed by atoms with Gasteiger partial charge in [-0.25, -0.2) is 4.98 Å². The van der Waals surface area contributed by atoms with Crippen LogP contribution in [0.4, 0.5) is 0 Å². The Labute approximate surface area is 153 Å². The predicted octanol–water partition coefficient (Wildman–Crippen LogP) is 4.30. The molecule has 3 heterocycles. The lowest BCUT2D eigenvalue weighted by Crippen LogP contribution is -2.36. The Kier molecular flexibility index (Phi) is 6.59. The Hall–Kier alpha value is -1.72. The van der Waals surface area contributed by atoms with Crippen molar-refractivity contribution in [2.75, 3.05) is 13.2 Å². The van der Waals surface area contributed by atoms with E-state index in [1.807, 2.05) is 18.5 Å². The molecule has 0 radical (unpaired) electrons. The number of rotatable bonds is 4. The molecule has 25 heavy (non-hydrogen) atoms. The first-order chi connectivity index (χ1) is 12.3. The molecule has 0 bridgehead atoms. The third kappa shape index (κ3) is 5.13. The number of H-pyrrole nitrogens is 1. The van der Waals surface area contributed by atoms with Crippen LogP contribution >= 0.6 is 0 Å². The second-order valence-electron chi connectivity index (χ2n) is 7.04. The van der Waals surface area contributed by atoms with Crippen molar-refractivity contribution >= 4 is 0 Å². The van der Waals surface area contributed by atoms with Crippen molar-refractivity contribution in [2.45, 2.75) is 63.5 Å². The number of aromatic amines is 1. The third-order valence-corrected chi connectivity index (χ3v) is 5.23. The smallest absolute Gasteiger partial charge is 0.0922 e. The average Bonchev–Trinajstić information content (AvgIpc) is 3.34. The van der Waals surface area contributed by atoms with Crippen molar-refractivity contribution in [3.63, 3.8) is 0 Å². The minimum Gasteiger partial charge on any atom is -0.375 e. The molecule has 2 N–H and O–H groups in total. The molecule has 140 valence electrons. The Balaban J connectivity index is 0.000000288. The number of nitrogens with zero attached hydrogens (tertiary/aromatic N) is 2. The van der Waals surface area contributed by atoms with Crippen molar-refractivity contribution in [2.24, 2.45) is 0 Å². The van der Waals surface area contributed by atoms with E-state index in [9.17, 15) is 0 Å². The maximum absolute atomic E-state index is 6.05. The van der Waals surface area contributed by atoms with Gasteiger partial charge in [0, 0.05) is 45.7 Å². The van der Waals surface area contributed by atoms with Crippen molar-refractivity contribution in [3.8, 4) is 0 Å². The summed E-state index contributed by atoms with van der Waals surface area (Å²) in [6, 6.07) is 6.26. The lowest BCUT2D eigenvalue weighted by atomic mass is 9.83. The van der Waals surface area contributed by atoms with Crippen LogP contribution in [-0.4, -0.2) is 33.7 Å². The van der Waals surface area contributed by atoms with Gasteiger partial charge < -0.3 is 15.0 Å². The summed E-state index contributed by atoms with van der Waals surface area (Å²) in [7, 11) is 0. The van der Waals surface area contributed by atoms with Crippen LogP contribution < -0.4 is 5.32 Å². The van der Waals surface area contributed by atoms with Crippen LogP contribution in [0.1, 0.15) is 65.6 Å². The standard InChI is InChI=1S/C14H19NO.C6H11N3.2H2/c1-4-9-15-13(5-1)12-6-10-16-14(11-12)7-2-3-8-14;1-2-7-3-6-4-8-5-9-6;;/h1,4-5,9,12H,2-3,6-8,10-11H2;4-5,7H,2-3H2,1H3,(H,8,9);2*1H/t12-;;;/m1.../s1. The van der Waals surface area contributed by atoms with E-state index >= 15 is 0 Å². The molecule has 0 aromatic carbocycles. The van der Waals surface area contributed by atoms with Gasteiger partial charge >= 0.3 is 0 Å². The van der Waals surface area contributed by atoms with Gasteiger partial charge in [-0.1, -0.05) is 25.8 Å². The largest absolute Gasteiger partial charge is 0.375 e. The van der Waals surface area contributed by atoms with E-state index < -0.39 is 0 Å². The van der Waals surface area contributed by atoms with E-state index in [0.29, 0.717) is 5.92 Å². The number of aromatic nitrogens is 3. The minimum absolute atomic E-state index is 0. The first kappa shape index (κ1) is 18.1. The second-order valence-corrected chi connectivity index (χ2v) is 7.04. The van der Waals surface area contributed by atoms with Crippen molar-refractivity contribution in [1.29, 1.82) is 0 Å². The third-order valence-electron chi connectivity index (χ3n) is 5.23. The Morgan fingerprint density at radius 2 is 2.24 bits per heavy atom. The monoisotopic (exact) mass is 346 g/mol. The molecule has 1 aliphatic carbocycles. The van der Waals surface area contributed by atoms with Crippen molar-refractivity contribution in [1.82, 2.24) is 20.3 Å². The van der Waals surface area contributed by atoms with Gasteiger partial charge in [0.25, 0.3) is 0 Å². The van der Waals surface area contributed by atoms with Crippen molar-refractivity contribution < 1.29 is 7.59 Å². The van der Waals surface area contributed by atoms with Crippen LogP contribution in [-0.2, 0) is 11.3 Å². The summed E-state index contributed by atoms with van der Waals surface area (Å²) < 4.78 is 6.05. The second kappa shape index (κ2) is 9.11. The van der Waals surface area contributed by atoms with Crippen LogP contribution in [0.25, 0.3) is 0 Å². The van der Waals surface area contributed by atoms with E-state index in [-0.39, 0.29) is 8.45 Å². The number of ether oxygens (including phenoxy) is 1. The van der Waals surface area contributed by atoms with E-state index in [1.165, 1.54) is 37.8 Å². The summed E-state index contributed by atoms with van der Waals surface area (Å²) in [5.74, 6) is 0.619. The molecular weight excluding hydrogens is 312 g/mol. The lowest BCUT2D eigenvalue weighted by Gasteiger charge is -2.38. The molecule has 0 unspecified atom stereocenters. The molecule has 0 amide bonds. The van der Waals surface area contributed by atoms with Gasteiger partial charge in [0.1, 0.15) is 0 Å². The van der Waals surface area contributed by atoms with Gasteiger partial charge in [0.15, 0.2) is 0 Å². The first-order valence-corrected chi connectivity index (χ1v) is 9.54. The van der Waals surface area contributed by atoms with Crippen LogP contribution in [0, 0.1) is 0 Å². The maximum Gasteiger partial charge on any atom is 0.0922 e. The van der Waals surface area contributed by atoms with Gasteiger partial charge in [-0.2, -0.15) is 0 Å². The topological polar surface area (TPSA) is 62.8 Å². The zero-order chi connectivity index (χ0) is 17.4. The summed E-state index contributed by atoms with van der Waals surface area (Å²) in [5.41, 5.74) is 2.61. The molecular formula is C20H34N4O. The van der Waals surface area contributed by atoms with Gasteiger partial charge in [-0.05, 0) is 44.4 Å². The highest BCUT2D eigenvalue weighted by molar-refractivity contribution is 5.12. The van der Waals surface area contributed by atoms with E-state index in [0.717, 1.165) is 31.8 Å². The molecule has 2 fully saturated rings. The fourth-order valence-corrected chi connectivity index (χ4v) is 3.91. The first-order valence-electron chi connectivity index (χ1n) is 9.54. The van der Waals surface area contributed by atoms with Crippen molar-refractivity contribution in [3.05, 3.63) is 48.3 Å². The van der Waals surface area contributed by atoms with Crippen LogP contribution in [0.15, 0.2) is 36.9 Å². The molecule has 1 saturated carbocycles. The zero-order valence-electron chi connectivity index (χ0n) is 15.2. The minimum atomic E-state index is 0. The van der Waals surface area contributed by atoms with Crippen LogP contribution in [0.2, 0.25) is 0 Å². The molecule has 2 aromatic rings. The number of hydrogen-bond donors (Lipinski definition) is 2. The number of pyridine rings is 1. The summed E-state index contributed by atoms with van der Waals surface area (Å²) in [4.78, 5) is 11.4. The molecule has 2 aromatic heterocycles. The molecule has 5 heteroatoms. The normalized spacial score (nSPS) is 21.7. The SMILES string of the molecule is CCNCc1cnc[nH]1.[HH].[HH].c1ccc([C@@H]2CCOC3(CCCC3)C2)nc1. The zero-order valence-corrected chi connectivity index (χ0v) is 15.2. The molecule has 4 rings (SSSR count). The number of hydrogen-bond acceptors (Lipinski definition) is 4. The highest BCUT2D eigenvalue weighted by Crippen LogP contribution is 2.44. The molecule has 1 spiro atoms. The molecule has 5 nitrogen and oxygen atoms in total. The summed E-state index contributed by atoms with van der Waals surface area (Å²) in [6.07, 6.45) is 12.9. The van der Waals surface area contributed by atoms with Gasteiger partial charge in [0.05, 0.1) is 11.9 Å². The fraction of sp³-hybridized carbons (Fsp3) is 0.600. The summed E-state index contributed by atoms with van der Waals surface area (Å²) in [5, 5.41) is 3.18. The maximum atomic E-state index is 6.05. The number of imidazole rings is 1. The summed E-state index contributed by atoms with van der Waals surface area (Å²) in [6.45, 7) is 4.88. The van der Waals surface area contributed by atoms with E-state index in [4.69, 9.17) is 4.74 Å². The van der Waals surface area contributed by atoms with Crippen LogP contribution in [0.3, 0.4) is 0 Å². The van der Waals surface area contributed by atoms with Gasteiger partial charge in [-0.3, -0.25) is 4.98 Å². The quantitative estimate of drug-likeness (QED) is 0.866. The molecule has 2 aliphatic rings.